The Morgan fingerprint density at radius 2 is 1.86 bits per heavy atom. The van der Waals surface area contributed by atoms with Crippen LogP contribution >= 0.6 is 0 Å². The molecule has 2 saturated carbocycles. The standard InChI is InChI=1S/C14H19F3N2O2/c15-14(16,17)13(21)18-5-12(20)19-6-9-4-8-2-1-3-10(8)11(9)7-19/h8-11H,1-7H2,(H,18,21). The van der Waals surface area contributed by atoms with E-state index < -0.39 is 24.5 Å². The minimum Gasteiger partial charge on any atom is -0.341 e. The normalized spacial score (nSPS) is 34.7. The number of fused-ring (bicyclic) bond motifs is 3. The molecule has 3 fully saturated rings. The number of carbonyl (C=O) groups is 2. The summed E-state index contributed by atoms with van der Waals surface area (Å²) in [4.78, 5) is 24.3. The first-order valence-corrected chi connectivity index (χ1v) is 7.49. The van der Waals surface area contributed by atoms with Gasteiger partial charge in [0.05, 0.1) is 6.54 Å². The predicted molar refractivity (Wildman–Crippen MR) is 68.1 cm³/mol. The van der Waals surface area contributed by atoms with Gasteiger partial charge in [0, 0.05) is 13.1 Å². The number of likely N-dealkylation sites (tertiary alicyclic amines) is 1. The Bertz CT molecular complexity index is 452. The van der Waals surface area contributed by atoms with Gasteiger partial charge in [0.15, 0.2) is 0 Å². The molecule has 0 aromatic heterocycles. The van der Waals surface area contributed by atoms with Crippen LogP contribution < -0.4 is 5.32 Å². The van der Waals surface area contributed by atoms with Gasteiger partial charge in [-0.15, -0.1) is 0 Å². The number of halogens is 3. The van der Waals surface area contributed by atoms with E-state index >= 15 is 0 Å². The second-order valence-corrected chi connectivity index (χ2v) is 6.49. The van der Waals surface area contributed by atoms with Crippen molar-refractivity contribution in [2.45, 2.75) is 31.9 Å². The lowest BCUT2D eigenvalue weighted by molar-refractivity contribution is -0.174. The molecule has 1 heterocycles. The number of alkyl halides is 3. The van der Waals surface area contributed by atoms with E-state index in [4.69, 9.17) is 0 Å². The quantitative estimate of drug-likeness (QED) is 0.841. The summed E-state index contributed by atoms with van der Waals surface area (Å²) in [5.41, 5.74) is 0. The molecule has 2 amide bonds. The van der Waals surface area contributed by atoms with E-state index in [1.807, 2.05) is 0 Å². The molecule has 118 valence electrons. The third-order valence-electron chi connectivity index (χ3n) is 5.38. The molecule has 4 atom stereocenters. The first kappa shape index (κ1) is 14.7. The van der Waals surface area contributed by atoms with Crippen LogP contribution in [0.15, 0.2) is 0 Å². The Hall–Kier alpha value is -1.27. The van der Waals surface area contributed by atoms with Crippen molar-refractivity contribution < 1.29 is 22.8 Å². The van der Waals surface area contributed by atoms with E-state index in [2.05, 4.69) is 0 Å². The van der Waals surface area contributed by atoms with Gasteiger partial charge < -0.3 is 10.2 Å². The lowest BCUT2D eigenvalue weighted by atomic mass is 9.90. The highest BCUT2D eigenvalue weighted by Crippen LogP contribution is 2.53. The van der Waals surface area contributed by atoms with Crippen LogP contribution in [0.25, 0.3) is 0 Å². The smallest absolute Gasteiger partial charge is 0.341 e. The highest BCUT2D eigenvalue weighted by Gasteiger charge is 2.50. The zero-order chi connectivity index (χ0) is 15.2. The summed E-state index contributed by atoms with van der Waals surface area (Å²) < 4.78 is 36.2. The van der Waals surface area contributed by atoms with Gasteiger partial charge in [-0.05, 0) is 36.5 Å². The van der Waals surface area contributed by atoms with Gasteiger partial charge in [-0.3, -0.25) is 9.59 Å². The van der Waals surface area contributed by atoms with Crippen molar-refractivity contribution in [1.29, 1.82) is 0 Å². The SMILES string of the molecule is O=C(CNC(=O)C(F)(F)F)N1CC2CC3CCCC3C2C1. The lowest BCUT2D eigenvalue weighted by Gasteiger charge is -2.21. The second-order valence-electron chi connectivity index (χ2n) is 6.49. The zero-order valence-corrected chi connectivity index (χ0v) is 11.7. The van der Waals surface area contributed by atoms with E-state index in [1.54, 1.807) is 10.2 Å². The van der Waals surface area contributed by atoms with E-state index in [1.165, 1.54) is 19.3 Å². The number of hydrogen-bond acceptors (Lipinski definition) is 2. The summed E-state index contributed by atoms with van der Waals surface area (Å²) in [7, 11) is 0. The molecule has 0 aromatic rings. The average molecular weight is 304 g/mol. The highest BCUT2D eigenvalue weighted by molar-refractivity contribution is 5.87. The number of hydrogen-bond donors (Lipinski definition) is 1. The molecule has 0 spiro atoms. The molecule has 0 radical (unpaired) electrons. The molecule has 3 rings (SSSR count). The molecule has 1 aliphatic heterocycles. The molecule has 1 saturated heterocycles. The minimum absolute atomic E-state index is 0.406. The molecule has 1 N–H and O–H groups in total. The fourth-order valence-electron chi connectivity index (χ4n) is 4.51. The van der Waals surface area contributed by atoms with Crippen LogP contribution in [-0.2, 0) is 9.59 Å². The largest absolute Gasteiger partial charge is 0.471 e. The Kier molecular flexibility index (Phi) is 3.61. The van der Waals surface area contributed by atoms with Crippen molar-refractivity contribution in [3.63, 3.8) is 0 Å². The van der Waals surface area contributed by atoms with E-state index in [9.17, 15) is 22.8 Å². The van der Waals surface area contributed by atoms with Gasteiger partial charge in [-0.1, -0.05) is 12.8 Å². The van der Waals surface area contributed by atoms with Gasteiger partial charge in [0.1, 0.15) is 0 Å². The van der Waals surface area contributed by atoms with Crippen molar-refractivity contribution in [2.24, 2.45) is 23.7 Å². The second kappa shape index (κ2) is 5.18. The monoisotopic (exact) mass is 304 g/mol. The van der Waals surface area contributed by atoms with E-state index in [-0.39, 0.29) is 0 Å². The first-order chi connectivity index (χ1) is 9.86. The van der Waals surface area contributed by atoms with Gasteiger partial charge in [-0.2, -0.15) is 13.2 Å². The summed E-state index contributed by atoms with van der Waals surface area (Å²) in [5, 5.41) is 1.66. The van der Waals surface area contributed by atoms with E-state index in [0.717, 1.165) is 12.3 Å². The first-order valence-electron chi connectivity index (χ1n) is 7.49. The maximum absolute atomic E-state index is 12.1. The third-order valence-corrected chi connectivity index (χ3v) is 5.38. The zero-order valence-electron chi connectivity index (χ0n) is 11.7. The number of nitrogens with one attached hydrogen (secondary N) is 1. The van der Waals surface area contributed by atoms with Crippen LogP contribution in [0, 0.1) is 23.7 Å². The van der Waals surface area contributed by atoms with E-state index in [0.29, 0.717) is 30.8 Å². The molecule has 21 heavy (non-hydrogen) atoms. The molecule has 4 nitrogen and oxygen atoms in total. The van der Waals surface area contributed by atoms with Gasteiger partial charge in [0.2, 0.25) is 5.91 Å². The van der Waals surface area contributed by atoms with Crippen molar-refractivity contribution in [3.05, 3.63) is 0 Å². The number of carbonyl (C=O) groups excluding carboxylic acids is 2. The number of amides is 2. The molecule has 7 heteroatoms. The Morgan fingerprint density at radius 1 is 1.10 bits per heavy atom. The van der Waals surface area contributed by atoms with Crippen LogP contribution in [0.3, 0.4) is 0 Å². The van der Waals surface area contributed by atoms with Crippen molar-refractivity contribution >= 4 is 11.8 Å². The van der Waals surface area contributed by atoms with Crippen molar-refractivity contribution in [1.82, 2.24) is 10.2 Å². The lowest BCUT2D eigenvalue weighted by Crippen LogP contribution is -2.44. The molecule has 2 aliphatic carbocycles. The van der Waals surface area contributed by atoms with Crippen LogP contribution in [0.1, 0.15) is 25.7 Å². The molecule has 4 unspecified atom stereocenters. The predicted octanol–water partition coefficient (Wildman–Crippen LogP) is 1.56. The van der Waals surface area contributed by atoms with Crippen LogP contribution in [0.2, 0.25) is 0 Å². The molecule has 0 bridgehead atoms. The average Bonchev–Trinajstić information content (AvgIpc) is 3.04. The maximum atomic E-state index is 12.1. The minimum atomic E-state index is -4.93. The summed E-state index contributed by atoms with van der Waals surface area (Å²) >= 11 is 0. The van der Waals surface area contributed by atoms with Crippen molar-refractivity contribution in [3.8, 4) is 0 Å². The highest BCUT2D eigenvalue weighted by atomic mass is 19.4. The van der Waals surface area contributed by atoms with Gasteiger partial charge >= 0.3 is 12.1 Å². The fourth-order valence-corrected chi connectivity index (χ4v) is 4.51. The van der Waals surface area contributed by atoms with Crippen LogP contribution in [-0.4, -0.2) is 42.5 Å². The molecule has 3 aliphatic rings. The Balaban J connectivity index is 1.51. The molecular weight excluding hydrogens is 285 g/mol. The third kappa shape index (κ3) is 2.74. The molecular formula is C14H19F3N2O2. The Labute approximate surface area is 121 Å². The summed E-state index contributed by atoms with van der Waals surface area (Å²) in [5.74, 6) is 0.0460. The van der Waals surface area contributed by atoms with Crippen molar-refractivity contribution in [2.75, 3.05) is 19.6 Å². The number of nitrogens with zero attached hydrogens (tertiary/aromatic N) is 1. The van der Waals surface area contributed by atoms with Gasteiger partial charge in [-0.25, -0.2) is 0 Å². The Morgan fingerprint density at radius 3 is 2.57 bits per heavy atom. The fraction of sp³-hybridized carbons (Fsp3) is 0.857. The van der Waals surface area contributed by atoms with Gasteiger partial charge in [0.25, 0.3) is 0 Å². The maximum Gasteiger partial charge on any atom is 0.471 e. The summed E-state index contributed by atoms with van der Waals surface area (Å²) in [6.45, 7) is 0.719. The summed E-state index contributed by atoms with van der Waals surface area (Å²) in [6.07, 6.45) is -0.0209. The summed E-state index contributed by atoms with van der Waals surface area (Å²) in [6, 6.07) is 0. The topological polar surface area (TPSA) is 49.4 Å². The molecule has 0 aromatic carbocycles. The number of rotatable bonds is 2. The van der Waals surface area contributed by atoms with Crippen LogP contribution in [0.4, 0.5) is 13.2 Å². The van der Waals surface area contributed by atoms with Crippen LogP contribution in [0.5, 0.6) is 0 Å².